The second-order valence-corrected chi connectivity index (χ2v) is 11.3. The number of urea groups is 1. The number of rotatable bonds is 11. The van der Waals surface area contributed by atoms with Gasteiger partial charge in [0.1, 0.15) is 0 Å². The molecular formula is C33H41N3O4S. The summed E-state index contributed by atoms with van der Waals surface area (Å²) in [4.78, 5) is 39.5. The predicted molar refractivity (Wildman–Crippen MR) is 168 cm³/mol. The quantitative estimate of drug-likeness (QED) is 0.202. The van der Waals surface area contributed by atoms with Crippen LogP contribution in [-0.4, -0.2) is 35.3 Å². The summed E-state index contributed by atoms with van der Waals surface area (Å²) < 4.78 is 0. The minimum absolute atomic E-state index is 0. The molecule has 0 aromatic heterocycles. The maximum Gasteiger partial charge on any atom is 0.326 e. The van der Waals surface area contributed by atoms with Crippen LogP contribution in [0, 0.1) is 0 Å². The van der Waals surface area contributed by atoms with E-state index in [0.717, 1.165) is 27.6 Å². The summed E-state index contributed by atoms with van der Waals surface area (Å²) in [6.07, 6.45) is 6.14. The van der Waals surface area contributed by atoms with Gasteiger partial charge in [0.15, 0.2) is 0 Å². The van der Waals surface area contributed by atoms with Crippen LogP contribution in [0.4, 0.5) is 16.2 Å². The molecule has 0 heterocycles. The highest BCUT2D eigenvalue weighted by atomic mass is 32.2. The number of nitrogens with zero attached hydrogens (tertiary/aromatic N) is 1. The van der Waals surface area contributed by atoms with Crippen LogP contribution >= 0.6 is 11.8 Å². The highest BCUT2D eigenvalue weighted by Gasteiger charge is 2.20. The Balaban J connectivity index is 0.00000462. The minimum Gasteiger partial charge on any atom is -0.481 e. The first-order valence-electron chi connectivity index (χ1n) is 13.9. The van der Waals surface area contributed by atoms with Crippen LogP contribution in [0.2, 0.25) is 0 Å². The molecule has 0 saturated heterocycles. The van der Waals surface area contributed by atoms with Crippen molar-refractivity contribution in [3.63, 3.8) is 0 Å². The molecule has 0 bridgehead atoms. The van der Waals surface area contributed by atoms with Crippen LogP contribution in [0.25, 0.3) is 0 Å². The van der Waals surface area contributed by atoms with Crippen molar-refractivity contribution in [2.45, 2.75) is 70.2 Å². The van der Waals surface area contributed by atoms with Gasteiger partial charge >= 0.3 is 12.0 Å². The van der Waals surface area contributed by atoms with Crippen molar-refractivity contribution < 1.29 is 19.5 Å². The van der Waals surface area contributed by atoms with E-state index in [0.29, 0.717) is 18.0 Å². The third kappa shape index (κ3) is 9.39. The van der Waals surface area contributed by atoms with Gasteiger partial charge < -0.3 is 15.7 Å². The van der Waals surface area contributed by atoms with E-state index in [1.165, 1.54) is 37.7 Å². The Labute approximate surface area is 247 Å². The molecule has 0 spiro atoms. The second kappa shape index (κ2) is 15.9. The number of amides is 3. The zero-order valence-corrected chi connectivity index (χ0v) is 23.7. The molecule has 7 nitrogen and oxygen atoms in total. The van der Waals surface area contributed by atoms with Gasteiger partial charge in [0.2, 0.25) is 0 Å². The highest BCUT2D eigenvalue weighted by Crippen LogP contribution is 2.33. The lowest BCUT2D eigenvalue weighted by Crippen LogP contribution is -2.34. The van der Waals surface area contributed by atoms with E-state index in [1.807, 2.05) is 48.5 Å². The number of benzene rings is 3. The smallest absolute Gasteiger partial charge is 0.326 e. The summed E-state index contributed by atoms with van der Waals surface area (Å²) in [7, 11) is 0. The Morgan fingerprint density at radius 2 is 1.66 bits per heavy atom. The lowest BCUT2D eigenvalue weighted by atomic mass is 9.84. The summed E-state index contributed by atoms with van der Waals surface area (Å²) in [5, 5.41) is 14.5. The summed E-state index contributed by atoms with van der Waals surface area (Å²) >= 11 is 1.72. The van der Waals surface area contributed by atoms with E-state index >= 15 is 0 Å². The lowest BCUT2D eigenvalue weighted by Gasteiger charge is -2.26. The van der Waals surface area contributed by atoms with E-state index < -0.39 is 5.97 Å². The largest absolute Gasteiger partial charge is 0.481 e. The molecular weight excluding hydrogens is 534 g/mol. The molecule has 4 rings (SSSR count). The molecule has 1 fully saturated rings. The molecule has 3 aromatic rings. The number of carbonyl (C=O) groups excluding carboxylic acids is 2. The van der Waals surface area contributed by atoms with Gasteiger partial charge in [-0.05, 0) is 78.1 Å². The highest BCUT2D eigenvalue weighted by molar-refractivity contribution is 7.99. The molecule has 0 radical (unpaired) electrons. The molecule has 0 atom stereocenters. The number of nitrogens with one attached hydrogen (secondary N) is 2. The number of hydrogen-bond donors (Lipinski definition) is 3. The van der Waals surface area contributed by atoms with Crippen LogP contribution in [0.3, 0.4) is 0 Å². The Morgan fingerprint density at radius 3 is 2.32 bits per heavy atom. The number of aliphatic carboxylic acids is 1. The molecule has 1 aliphatic rings. The molecule has 1 aliphatic carbocycles. The SMILES string of the molecule is C.CCSc1cccc(NC(=O)N(Cc2ccc(C(=O)NCCC(=O)O)cc2)c2ccc(C3CCCCC3)cc2)c1. The molecule has 3 amide bonds. The first kappa shape index (κ1) is 31.7. The van der Waals surface area contributed by atoms with Crippen molar-refractivity contribution in [2.24, 2.45) is 0 Å². The molecule has 1 saturated carbocycles. The Morgan fingerprint density at radius 1 is 0.951 bits per heavy atom. The van der Waals surface area contributed by atoms with E-state index in [4.69, 9.17) is 5.11 Å². The fraction of sp³-hybridized carbons (Fsp3) is 0.364. The van der Waals surface area contributed by atoms with Crippen molar-refractivity contribution in [1.29, 1.82) is 0 Å². The van der Waals surface area contributed by atoms with E-state index in [9.17, 15) is 14.4 Å². The molecule has 3 aromatic carbocycles. The predicted octanol–water partition coefficient (Wildman–Crippen LogP) is 7.93. The van der Waals surface area contributed by atoms with Gasteiger partial charge in [-0.3, -0.25) is 14.5 Å². The van der Waals surface area contributed by atoms with Gasteiger partial charge in [0.25, 0.3) is 5.91 Å². The van der Waals surface area contributed by atoms with Crippen LogP contribution in [0.15, 0.2) is 77.7 Å². The topological polar surface area (TPSA) is 98.7 Å². The Bertz CT molecular complexity index is 1290. The normalized spacial score (nSPS) is 13.1. The fourth-order valence-electron chi connectivity index (χ4n) is 4.99. The van der Waals surface area contributed by atoms with Crippen LogP contribution in [-0.2, 0) is 11.3 Å². The summed E-state index contributed by atoms with van der Waals surface area (Å²) in [5.74, 6) is 0.241. The molecule has 41 heavy (non-hydrogen) atoms. The van der Waals surface area contributed by atoms with Crippen molar-refractivity contribution in [3.05, 3.63) is 89.5 Å². The van der Waals surface area contributed by atoms with Gasteiger partial charge in [-0.25, -0.2) is 4.79 Å². The van der Waals surface area contributed by atoms with Gasteiger partial charge in [0.05, 0.1) is 13.0 Å². The first-order chi connectivity index (χ1) is 19.4. The third-order valence-corrected chi connectivity index (χ3v) is 7.98. The average molecular weight is 576 g/mol. The van der Waals surface area contributed by atoms with E-state index in [1.54, 1.807) is 28.8 Å². The summed E-state index contributed by atoms with van der Waals surface area (Å²) in [5.41, 5.74) is 4.16. The monoisotopic (exact) mass is 575 g/mol. The third-order valence-electron chi connectivity index (χ3n) is 7.10. The van der Waals surface area contributed by atoms with E-state index in [-0.39, 0.29) is 32.3 Å². The maximum absolute atomic E-state index is 13.6. The van der Waals surface area contributed by atoms with Crippen LogP contribution < -0.4 is 15.5 Å². The second-order valence-electron chi connectivity index (χ2n) is 10.0. The van der Waals surface area contributed by atoms with Gasteiger partial charge in [0, 0.05) is 28.4 Å². The lowest BCUT2D eigenvalue weighted by molar-refractivity contribution is -0.136. The molecule has 0 aliphatic heterocycles. The van der Waals surface area contributed by atoms with Crippen molar-refractivity contribution in [2.75, 3.05) is 22.5 Å². The zero-order valence-electron chi connectivity index (χ0n) is 22.9. The number of hydrogen-bond acceptors (Lipinski definition) is 4. The molecule has 218 valence electrons. The average Bonchev–Trinajstić information content (AvgIpc) is 2.97. The van der Waals surface area contributed by atoms with E-state index in [2.05, 4.69) is 29.7 Å². The minimum atomic E-state index is -0.961. The van der Waals surface area contributed by atoms with Crippen molar-refractivity contribution in [1.82, 2.24) is 5.32 Å². The molecule has 8 heteroatoms. The van der Waals surface area contributed by atoms with Crippen molar-refractivity contribution >= 4 is 41.0 Å². The Kier molecular flexibility index (Phi) is 12.3. The number of anilines is 2. The summed E-state index contributed by atoms with van der Waals surface area (Å²) in [6, 6.07) is 23.0. The van der Waals surface area contributed by atoms with Crippen LogP contribution in [0.5, 0.6) is 0 Å². The Hall–Kier alpha value is -3.78. The first-order valence-corrected chi connectivity index (χ1v) is 14.9. The molecule has 0 unspecified atom stereocenters. The van der Waals surface area contributed by atoms with Gasteiger partial charge in [-0.1, -0.05) is 63.9 Å². The van der Waals surface area contributed by atoms with Crippen molar-refractivity contribution in [3.8, 4) is 0 Å². The fourth-order valence-corrected chi connectivity index (χ4v) is 5.71. The number of carbonyl (C=O) groups is 3. The number of carboxylic acid groups (broad SMARTS) is 1. The standard InChI is InChI=1S/C32H37N3O4S.CH4/c1-2-40-29-10-6-9-27(21-29)34-32(39)35(28-17-15-25(16-18-28)24-7-4-3-5-8-24)22-23-11-13-26(14-12-23)31(38)33-20-19-30(36)37;/h6,9-18,21,24H,2-5,7-8,19-20,22H2,1H3,(H,33,38)(H,34,39)(H,36,37);1H4. The number of carboxylic acids is 1. The maximum atomic E-state index is 13.6. The molecule has 3 N–H and O–H groups in total. The number of thioether (sulfide) groups is 1. The van der Waals surface area contributed by atoms with Gasteiger partial charge in [-0.15, -0.1) is 11.8 Å². The summed E-state index contributed by atoms with van der Waals surface area (Å²) in [6.45, 7) is 2.48. The van der Waals surface area contributed by atoms with Gasteiger partial charge in [-0.2, -0.15) is 0 Å². The zero-order chi connectivity index (χ0) is 28.3. The van der Waals surface area contributed by atoms with Crippen LogP contribution in [0.1, 0.15) is 80.3 Å².